The number of hydrogen-bond donors (Lipinski definition) is 1. The third kappa shape index (κ3) is 3.27. The molecule has 0 saturated heterocycles. The largest absolute Gasteiger partial charge is 0.321 e. The lowest BCUT2D eigenvalue weighted by molar-refractivity contribution is 0.103. The highest BCUT2D eigenvalue weighted by molar-refractivity contribution is 7.17. The second kappa shape index (κ2) is 6.26. The van der Waals surface area contributed by atoms with Crippen molar-refractivity contribution in [3.8, 4) is 10.7 Å². The monoisotopic (exact) mass is 327 g/mol. The zero-order valence-corrected chi connectivity index (χ0v) is 13.4. The molecule has 0 saturated carbocycles. The molecule has 0 aliphatic carbocycles. The lowest BCUT2D eigenvalue weighted by Crippen LogP contribution is -2.11. The number of amides is 1. The van der Waals surface area contributed by atoms with E-state index in [4.69, 9.17) is 0 Å². The van der Waals surface area contributed by atoms with Crippen molar-refractivity contribution in [2.24, 2.45) is 0 Å². The molecule has 2 heterocycles. The van der Waals surface area contributed by atoms with E-state index in [-0.39, 0.29) is 11.7 Å². The Balaban J connectivity index is 1.85. The number of carbonyl (C=O) groups excluding carboxylic acids is 1. The maximum absolute atomic E-state index is 13.6. The van der Waals surface area contributed by atoms with Gasteiger partial charge in [0.15, 0.2) is 0 Å². The Hall–Kier alpha value is -2.60. The van der Waals surface area contributed by atoms with E-state index in [9.17, 15) is 9.18 Å². The van der Waals surface area contributed by atoms with Crippen LogP contribution in [-0.2, 0) is 0 Å². The number of nitrogens with one attached hydrogen (secondary N) is 1. The summed E-state index contributed by atoms with van der Waals surface area (Å²) in [5.41, 5.74) is 2.31. The molecule has 116 valence electrons. The van der Waals surface area contributed by atoms with Crippen molar-refractivity contribution < 1.29 is 9.18 Å². The normalized spacial score (nSPS) is 10.6. The van der Waals surface area contributed by atoms with Crippen molar-refractivity contribution in [2.75, 3.05) is 5.32 Å². The van der Waals surface area contributed by atoms with Gasteiger partial charge in [-0.1, -0.05) is 12.1 Å². The minimum atomic E-state index is -0.349. The van der Waals surface area contributed by atoms with Crippen LogP contribution in [0.15, 0.2) is 42.6 Å². The molecule has 0 fully saturated rings. The fourth-order valence-electron chi connectivity index (χ4n) is 2.06. The first-order valence-electron chi connectivity index (χ1n) is 7.01. The first kappa shape index (κ1) is 15.3. The highest BCUT2D eigenvalue weighted by Gasteiger charge is 2.17. The molecule has 0 spiro atoms. The second-order valence-electron chi connectivity index (χ2n) is 5.07. The number of rotatable bonds is 3. The molecule has 0 unspecified atom stereocenters. The first-order chi connectivity index (χ1) is 11.0. The Morgan fingerprint density at radius 1 is 1.22 bits per heavy atom. The van der Waals surface area contributed by atoms with Gasteiger partial charge in [0, 0.05) is 11.9 Å². The molecule has 3 rings (SSSR count). The Kier molecular flexibility index (Phi) is 4.16. The zero-order chi connectivity index (χ0) is 16.4. The summed E-state index contributed by atoms with van der Waals surface area (Å²) in [4.78, 5) is 21.5. The Labute approximate surface area is 137 Å². The summed E-state index contributed by atoms with van der Waals surface area (Å²) in [6.07, 6.45) is 1.68. The van der Waals surface area contributed by atoms with Crippen LogP contribution in [0.1, 0.15) is 20.9 Å². The maximum atomic E-state index is 13.6. The molecule has 4 nitrogen and oxygen atoms in total. The first-order valence-corrected chi connectivity index (χ1v) is 7.82. The quantitative estimate of drug-likeness (QED) is 0.784. The molecule has 6 heteroatoms. The molecule has 0 aliphatic heterocycles. The van der Waals surface area contributed by atoms with Crippen LogP contribution in [0, 0.1) is 19.7 Å². The van der Waals surface area contributed by atoms with E-state index >= 15 is 0 Å². The molecule has 23 heavy (non-hydrogen) atoms. The third-order valence-electron chi connectivity index (χ3n) is 3.32. The smallest absolute Gasteiger partial charge is 0.267 e. The van der Waals surface area contributed by atoms with Crippen LogP contribution in [0.4, 0.5) is 10.1 Å². The number of aromatic nitrogens is 2. The second-order valence-corrected chi connectivity index (χ2v) is 6.07. The van der Waals surface area contributed by atoms with Gasteiger partial charge in [-0.15, -0.1) is 11.3 Å². The molecule has 0 bridgehead atoms. The SMILES string of the molecule is Cc1ccc(NC(=O)c2sc(-c3ccccn3)nc2C)cc1F. The number of anilines is 1. The van der Waals surface area contributed by atoms with Crippen molar-refractivity contribution in [3.05, 3.63) is 64.5 Å². The number of nitrogens with zero attached hydrogens (tertiary/aromatic N) is 2. The highest BCUT2D eigenvalue weighted by Crippen LogP contribution is 2.27. The van der Waals surface area contributed by atoms with Gasteiger partial charge in [-0.05, 0) is 43.7 Å². The van der Waals surface area contributed by atoms with Crippen LogP contribution < -0.4 is 5.32 Å². The van der Waals surface area contributed by atoms with E-state index in [1.165, 1.54) is 17.4 Å². The summed E-state index contributed by atoms with van der Waals surface area (Å²) in [6.45, 7) is 3.45. The summed E-state index contributed by atoms with van der Waals surface area (Å²) in [5.74, 6) is -0.650. The summed E-state index contributed by atoms with van der Waals surface area (Å²) in [6, 6.07) is 10.1. The van der Waals surface area contributed by atoms with Crippen molar-refractivity contribution in [3.63, 3.8) is 0 Å². The number of hydrogen-bond acceptors (Lipinski definition) is 4. The lowest BCUT2D eigenvalue weighted by Gasteiger charge is -2.05. The number of halogens is 1. The molecule has 2 aromatic heterocycles. The molecular weight excluding hydrogens is 313 g/mol. The standard InChI is InChI=1S/C17H14FN3OS/c1-10-6-7-12(9-13(10)18)21-16(22)15-11(2)20-17(23-15)14-5-3-4-8-19-14/h3-9H,1-2H3,(H,21,22). The number of aryl methyl sites for hydroxylation is 2. The van der Waals surface area contributed by atoms with Crippen molar-refractivity contribution in [1.29, 1.82) is 0 Å². The van der Waals surface area contributed by atoms with Gasteiger partial charge in [0.2, 0.25) is 0 Å². The van der Waals surface area contributed by atoms with Gasteiger partial charge >= 0.3 is 0 Å². The Morgan fingerprint density at radius 3 is 2.74 bits per heavy atom. The number of pyridine rings is 1. The van der Waals surface area contributed by atoms with Gasteiger partial charge in [-0.3, -0.25) is 9.78 Å². The molecule has 1 aromatic carbocycles. The molecular formula is C17H14FN3OS. The summed E-state index contributed by atoms with van der Waals surface area (Å²) in [7, 11) is 0. The Morgan fingerprint density at radius 2 is 2.04 bits per heavy atom. The van der Waals surface area contributed by atoms with E-state index < -0.39 is 0 Å². The van der Waals surface area contributed by atoms with Crippen LogP contribution in [0.2, 0.25) is 0 Å². The van der Waals surface area contributed by atoms with Crippen LogP contribution in [0.25, 0.3) is 10.7 Å². The molecule has 1 N–H and O–H groups in total. The van der Waals surface area contributed by atoms with Gasteiger partial charge in [-0.25, -0.2) is 9.37 Å². The molecule has 0 atom stereocenters. The highest BCUT2D eigenvalue weighted by atomic mass is 32.1. The van der Waals surface area contributed by atoms with E-state index in [1.807, 2.05) is 18.2 Å². The minimum Gasteiger partial charge on any atom is -0.321 e. The van der Waals surface area contributed by atoms with Crippen molar-refractivity contribution >= 4 is 22.9 Å². The Bertz CT molecular complexity index is 862. The fourth-order valence-corrected chi connectivity index (χ4v) is 3.00. The average molecular weight is 327 g/mol. The molecule has 0 aliphatic rings. The number of thiazole rings is 1. The van der Waals surface area contributed by atoms with Gasteiger partial charge in [0.1, 0.15) is 15.7 Å². The van der Waals surface area contributed by atoms with Crippen LogP contribution in [-0.4, -0.2) is 15.9 Å². The van der Waals surface area contributed by atoms with Crippen LogP contribution >= 0.6 is 11.3 Å². The number of carbonyl (C=O) groups is 1. The summed E-state index contributed by atoms with van der Waals surface area (Å²) in [5, 5.41) is 3.39. The summed E-state index contributed by atoms with van der Waals surface area (Å²) < 4.78 is 13.6. The van der Waals surface area contributed by atoms with Gasteiger partial charge in [-0.2, -0.15) is 0 Å². The van der Waals surface area contributed by atoms with E-state index in [2.05, 4.69) is 15.3 Å². The van der Waals surface area contributed by atoms with E-state index in [1.54, 1.807) is 32.2 Å². The van der Waals surface area contributed by atoms with Gasteiger partial charge < -0.3 is 5.32 Å². The predicted octanol–water partition coefficient (Wildman–Crippen LogP) is 4.21. The van der Waals surface area contributed by atoms with Gasteiger partial charge in [0.05, 0.1) is 11.4 Å². The van der Waals surface area contributed by atoms with Crippen LogP contribution in [0.5, 0.6) is 0 Å². The lowest BCUT2D eigenvalue weighted by atomic mass is 10.2. The average Bonchev–Trinajstić information content (AvgIpc) is 2.94. The predicted molar refractivity (Wildman–Crippen MR) is 89.2 cm³/mol. The zero-order valence-electron chi connectivity index (χ0n) is 12.6. The fraction of sp³-hybridized carbons (Fsp3) is 0.118. The van der Waals surface area contributed by atoms with Crippen LogP contribution in [0.3, 0.4) is 0 Å². The molecule has 1 amide bonds. The van der Waals surface area contributed by atoms with Gasteiger partial charge in [0.25, 0.3) is 5.91 Å². The number of benzene rings is 1. The molecule has 3 aromatic rings. The topological polar surface area (TPSA) is 54.9 Å². The summed E-state index contributed by atoms with van der Waals surface area (Å²) >= 11 is 1.27. The van der Waals surface area contributed by atoms with Crippen molar-refractivity contribution in [1.82, 2.24) is 9.97 Å². The van der Waals surface area contributed by atoms with Crippen molar-refractivity contribution in [2.45, 2.75) is 13.8 Å². The maximum Gasteiger partial charge on any atom is 0.267 e. The minimum absolute atomic E-state index is 0.301. The van der Waals surface area contributed by atoms with E-state index in [0.717, 1.165) is 5.69 Å². The molecule has 0 radical (unpaired) electrons. The van der Waals surface area contributed by atoms with E-state index in [0.29, 0.717) is 26.8 Å². The third-order valence-corrected chi connectivity index (χ3v) is 4.50.